The van der Waals surface area contributed by atoms with Crippen molar-refractivity contribution in [2.75, 3.05) is 4.90 Å². The van der Waals surface area contributed by atoms with Crippen LogP contribution in [0.15, 0.2) is 34.1 Å². The van der Waals surface area contributed by atoms with Gasteiger partial charge >= 0.3 is 0 Å². The molecule has 156 valence electrons. The molecular formula is C19H7F8NOS. The molecule has 0 unspecified atom stereocenters. The summed E-state index contributed by atoms with van der Waals surface area (Å²) in [6, 6.07) is 5.13. The molecule has 30 heavy (non-hydrogen) atoms. The number of hydrogen-bond acceptors (Lipinski definition) is 2. The minimum atomic E-state index is -3.25. The van der Waals surface area contributed by atoms with Crippen molar-refractivity contribution in [2.24, 2.45) is 0 Å². The highest BCUT2D eigenvalue weighted by molar-refractivity contribution is 7.85. The minimum Gasteiger partial charge on any atom is -0.302 e. The molecule has 0 atom stereocenters. The molecular weight excluding hydrogens is 442 g/mol. The molecule has 0 fully saturated rings. The zero-order valence-electron chi connectivity index (χ0n) is 14.6. The zero-order valence-corrected chi connectivity index (χ0v) is 15.4. The molecule has 1 aliphatic rings. The lowest BCUT2D eigenvalue weighted by molar-refractivity contribution is 0.391. The van der Waals surface area contributed by atoms with Gasteiger partial charge in [0.1, 0.15) is 21.2 Å². The van der Waals surface area contributed by atoms with E-state index in [1.54, 1.807) is 6.92 Å². The van der Waals surface area contributed by atoms with Crippen LogP contribution in [0.25, 0.3) is 0 Å². The van der Waals surface area contributed by atoms with Gasteiger partial charge in [-0.3, -0.25) is 0 Å². The molecule has 0 spiro atoms. The molecule has 1 aliphatic heterocycles. The van der Waals surface area contributed by atoms with Crippen LogP contribution in [0.4, 0.5) is 52.2 Å². The zero-order chi connectivity index (χ0) is 22.1. The second-order valence-electron chi connectivity index (χ2n) is 6.31. The average Bonchev–Trinajstić information content (AvgIpc) is 2.73. The molecule has 0 saturated carbocycles. The summed E-state index contributed by atoms with van der Waals surface area (Å²) < 4.78 is 126. The number of hydrogen-bond donors (Lipinski definition) is 0. The van der Waals surface area contributed by atoms with Gasteiger partial charge in [-0.05, 0) is 19.1 Å². The first-order valence-electron chi connectivity index (χ1n) is 8.08. The lowest BCUT2D eigenvalue weighted by atomic mass is 10.1. The van der Waals surface area contributed by atoms with Crippen LogP contribution in [-0.2, 0) is 10.8 Å². The molecule has 0 amide bonds. The van der Waals surface area contributed by atoms with Gasteiger partial charge in [-0.1, -0.05) is 17.7 Å². The number of fused-ring (bicyclic) bond motifs is 2. The summed E-state index contributed by atoms with van der Waals surface area (Å²) in [6.45, 7) is 1.63. The van der Waals surface area contributed by atoms with E-state index in [0.717, 1.165) is 0 Å². The van der Waals surface area contributed by atoms with Crippen LogP contribution in [0.1, 0.15) is 5.56 Å². The van der Waals surface area contributed by atoms with E-state index in [1.165, 1.54) is 24.3 Å². The normalized spacial score (nSPS) is 13.4. The Morgan fingerprint density at radius 2 is 0.967 bits per heavy atom. The second kappa shape index (κ2) is 6.79. The van der Waals surface area contributed by atoms with Crippen LogP contribution in [0, 0.1) is 53.5 Å². The van der Waals surface area contributed by atoms with Gasteiger partial charge in [0.25, 0.3) is 0 Å². The predicted molar refractivity (Wildman–Crippen MR) is 90.2 cm³/mol. The summed E-state index contributed by atoms with van der Waals surface area (Å²) >= 11 is 0. The number of rotatable bonds is 1. The van der Waals surface area contributed by atoms with Crippen LogP contribution in [0.3, 0.4) is 0 Å². The second-order valence-corrected chi connectivity index (χ2v) is 7.66. The molecule has 3 aromatic carbocycles. The molecule has 4 rings (SSSR count). The van der Waals surface area contributed by atoms with Crippen molar-refractivity contribution < 1.29 is 39.3 Å². The number of nitrogens with zero attached hydrogens (tertiary/aromatic N) is 1. The first-order chi connectivity index (χ1) is 14.1. The SMILES string of the molecule is Cc1ccc(N2c3c(F)c(F)c(F)c(F)c3S(=O)c3c(F)c(F)c(F)c(F)c32)cc1. The van der Waals surface area contributed by atoms with Gasteiger partial charge in [0, 0.05) is 5.69 Å². The number of benzene rings is 3. The number of halogens is 8. The highest BCUT2D eigenvalue weighted by Gasteiger charge is 2.43. The van der Waals surface area contributed by atoms with Gasteiger partial charge in [0.15, 0.2) is 46.5 Å². The molecule has 0 bridgehead atoms. The highest BCUT2D eigenvalue weighted by Crippen LogP contribution is 2.51. The fraction of sp³-hybridized carbons (Fsp3) is 0.0526. The molecule has 1 heterocycles. The fourth-order valence-electron chi connectivity index (χ4n) is 3.10. The topological polar surface area (TPSA) is 20.3 Å². The summed E-state index contributed by atoms with van der Waals surface area (Å²) in [5.74, 6) is -17.8. The van der Waals surface area contributed by atoms with Gasteiger partial charge < -0.3 is 4.90 Å². The quantitative estimate of drug-likeness (QED) is 0.200. The standard InChI is InChI=1S/C19H7F8NOS/c1-6-2-4-7(5-3-6)28-16-12(24)8(20)10(22)14(26)18(16)30(29)19-15(27)11(23)9(21)13(25)17(19)28/h2-5H,1H3. The fourth-order valence-corrected chi connectivity index (χ4v) is 4.53. The lowest BCUT2D eigenvalue weighted by Crippen LogP contribution is -2.26. The third kappa shape index (κ3) is 2.57. The third-order valence-electron chi connectivity index (χ3n) is 4.51. The highest BCUT2D eigenvalue weighted by atomic mass is 32.2. The van der Waals surface area contributed by atoms with Crippen molar-refractivity contribution in [3.63, 3.8) is 0 Å². The van der Waals surface area contributed by atoms with Gasteiger partial charge in [0.05, 0.1) is 10.8 Å². The third-order valence-corrected chi connectivity index (χ3v) is 6.00. The van der Waals surface area contributed by atoms with Gasteiger partial charge in [-0.15, -0.1) is 0 Å². The van der Waals surface area contributed by atoms with E-state index in [1.807, 2.05) is 0 Å². The lowest BCUT2D eigenvalue weighted by Gasteiger charge is -2.33. The largest absolute Gasteiger partial charge is 0.302 e. The molecule has 0 saturated heterocycles. The Morgan fingerprint density at radius 1 is 0.600 bits per heavy atom. The molecule has 0 radical (unpaired) electrons. The van der Waals surface area contributed by atoms with E-state index in [-0.39, 0.29) is 5.69 Å². The Morgan fingerprint density at radius 3 is 1.37 bits per heavy atom. The van der Waals surface area contributed by atoms with Gasteiger partial charge in [-0.25, -0.2) is 39.3 Å². The maximum atomic E-state index is 14.7. The average molecular weight is 449 g/mol. The Labute approximate surface area is 165 Å². The van der Waals surface area contributed by atoms with E-state index in [4.69, 9.17) is 0 Å². The summed E-state index contributed by atoms with van der Waals surface area (Å²) in [5, 5.41) is 0. The van der Waals surface area contributed by atoms with Crippen LogP contribution in [-0.4, -0.2) is 4.21 Å². The van der Waals surface area contributed by atoms with Gasteiger partial charge in [-0.2, -0.15) is 0 Å². The maximum Gasteiger partial charge on any atom is 0.199 e. The van der Waals surface area contributed by atoms with Crippen LogP contribution < -0.4 is 4.90 Å². The Bertz CT molecular complexity index is 1190. The number of anilines is 3. The summed E-state index contributed by atoms with van der Waals surface area (Å²) in [7, 11) is -3.25. The van der Waals surface area contributed by atoms with Gasteiger partial charge in [0.2, 0.25) is 0 Å². The minimum absolute atomic E-state index is 0.270. The van der Waals surface area contributed by atoms with E-state index < -0.39 is 78.5 Å². The molecule has 0 N–H and O–H groups in total. The molecule has 0 aromatic heterocycles. The molecule has 3 aromatic rings. The monoisotopic (exact) mass is 449 g/mol. The van der Waals surface area contributed by atoms with Crippen LogP contribution in [0.5, 0.6) is 0 Å². The van der Waals surface area contributed by atoms with Crippen molar-refractivity contribution in [3.05, 3.63) is 76.4 Å². The Hall–Kier alpha value is -2.95. The summed E-state index contributed by atoms with van der Waals surface area (Å²) in [6.07, 6.45) is 0. The maximum absolute atomic E-state index is 14.7. The van der Waals surface area contributed by atoms with Crippen LogP contribution >= 0.6 is 0 Å². The molecule has 2 nitrogen and oxygen atoms in total. The predicted octanol–water partition coefficient (Wildman–Crippen LogP) is 6.06. The van der Waals surface area contributed by atoms with Crippen molar-refractivity contribution in [1.29, 1.82) is 0 Å². The van der Waals surface area contributed by atoms with E-state index >= 15 is 0 Å². The molecule has 11 heteroatoms. The summed E-state index contributed by atoms with van der Waals surface area (Å²) in [5.41, 5.74) is -2.15. The van der Waals surface area contributed by atoms with E-state index in [9.17, 15) is 39.3 Å². The van der Waals surface area contributed by atoms with Crippen molar-refractivity contribution in [1.82, 2.24) is 0 Å². The van der Waals surface area contributed by atoms with E-state index in [2.05, 4.69) is 0 Å². The first kappa shape index (κ1) is 20.3. The summed E-state index contributed by atoms with van der Waals surface area (Å²) in [4.78, 5) is -2.44. The van der Waals surface area contributed by atoms with E-state index in [0.29, 0.717) is 10.5 Å². The van der Waals surface area contributed by atoms with Crippen molar-refractivity contribution in [2.45, 2.75) is 16.7 Å². The van der Waals surface area contributed by atoms with Crippen LogP contribution in [0.2, 0.25) is 0 Å². The smallest absolute Gasteiger partial charge is 0.199 e. The Balaban J connectivity index is 2.23. The first-order valence-corrected chi connectivity index (χ1v) is 9.23. The van der Waals surface area contributed by atoms with Crippen molar-refractivity contribution in [3.8, 4) is 0 Å². The Kier molecular flexibility index (Phi) is 4.60. The van der Waals surface area contributed by atoms with Crippen molar-refractivity contribution >= 4 is 27.9 Å². The molecule has 0 aliphatic carbocycles. The number of aryl methyl sites for hydroxylation is 1.